The van der Waals surface area contributed by atoms with Crippen LogP contribution in [0.4, 0.5) is 24.8 Å². The fourth-order valence-corrected chi connectivity index (χ4v) is 4.29. The second kappa shape index (κ2) is 9.26. The van der Waals surface area contributed by atoms with Crippen molar-refractivity contribution in [1.29, 1.82) is 5.26 Å². The molecule has 1 aliphatic rings. The minimum atomic E-state index is -4.56. The molecule has 0 saturated carbocycles. The van der Waals surface area contributed by atoms with E-state index in [0.29, 0.717) is 16.8 Å². The summed E-state index contributed by atoms with van der Waals surface area (Å²) in [4.78, 5) is 14.6. The van der Waals surface area contributed by atoms with Gasteiger partial charge in [0.15, 0.2) is 0 Å². The Hall–Kier alpha value is -3.72. The third kappa shape index (κ3) is 4.14. The minimum absolute atomic E-state index is 0.0873. The number of hydrogen-bond donors (Lipinski definition) is 0. The molecule has 0 saturated heterocycles. The molecule has 0 aliphatic carbocycles. The summed E-state index contributed by atoms with van der Waals surface area (Å²) in [5.74, 6) is -0.541. The standard InChI is InChI=1S/C22H16BrF3N6O2/c1-2-34-20(33)18-17(11-23)31(16-5-3-4-15(10-16)22(24,25)26)21-28-29-30-32(21)19(18)14-8-6-13(12-27)7-9-14/h3-10,19H,2,11H2,1H3. The van der Waals surface area contributed by atoms with Crippen LogP contribution in [-0.2, 0) is 15.7 Å². The molecule has 0 N–H and O–H groups in total. The largest absolute Gasteiger partial charge is 0.463 e. The number of benzene rings is 2. The van der Waals surface area contributed by atoms with Gasteiger partial charge >= 0.3 is 12.1 Å². The predicted molar refractivity (Wildman–Crippen MR) is 118 cm³/mol. The van der Waals surface area contributed by atoms with E-state index in [4.69, 9.17) is 10.00 Å². The number of halogens is 4. The maximum Gasteiger partial charge on any atom is 0.416 e. The van der Waals surface area contributed by atoms with E-state index >= 15 is 0 Å². The lowest BCUT2D eigenvalue weighted by Gasteiger charge is -2.35. The molecule has 3 aromatic rings. The van der Waals surface area contributed by atoms with Gasteiger partial charge in [0.2, 0.25) is 0 Å². The number of aromatic nitrogens is 4. The van der Waals surface area contributed by atoms with Gasteiger partial charge < -0.3 is 4.74 Å². The van der Waals surface area contributed by atoms with Gasteiger partial charge in [-0.2, -0.15) is 23.1 Å². The lowest BCUT2D eigenvalue weighted by atomic mass is 9.94. The predicted octanol–water partition coefficient (Wildman–Crippen LogP) is 4.52. The van der Waals surface area contributed by atoms with Crippen LogP contribution in [0, 0.1) is 11.3 Å². The molecule has 8 nitrogen and oxygen atoms in total. The highest BCUT2D eigenvalue weighted by atomic mass is 79.9. The number of nitrogens with zero attached hydrogens (tertiary/aromatic N) is 6. The fraction of sp³-hybridized carbons (Fsp3) is 0.227. The SMILES string of the molecule is CCOC(=O)C1=C(CBr)N(c2cccc(C(F)(F)F)c2)c2nnnn2C1c1ccc(C#N)cc1. The van der Waals surface area contributed by atoms with Crippen molar-refractivity contribution in [3.05, 3.63) is 76.5 Å². The first-order valence-electron chi connectivity index (χ1n) is 10.0. The molecule has 2 heterocycles. The van der Waals surface area contributed by atoms with Crippen LogP contribution in [0.3, 0.4) is 0 Å². The summed E-state index contributed by atoms with van der Waals surface area (Å²) in [5.41, 5.74) is 0.766. The zero-order chi connectivity index (χ0) is 24.5. The molecule has 1 unspecified atom stereocenters. The topological polar surface area (TPSA) is 96.9 Å². The van der Waals surface area contributed by atoms with E-state index in [-0.39, 0.29) is 29.1 Å². The number of rotatable bonds is 5. The van der Waals surface area contributed by atoms with Crippen molar-refractivity contribution >= 4 is 33.5 Å². The van der Waals surface area contributed by atoms with Crippen LogP contribution in [0.5, 0.6) is 0 Å². The highest BCUT2D eigenvalue weighted by molar-refractivity contribution is 9.09. The molecule has 0 spiro atoms. The van der Waals surface area contributed by atoms with Crippen LogP contribution < -0.4 is 4.90 Å². The summed E-state index contributed by atoms with van der Waals surface area (Å²) in [5, 5.41) is 21.0. The number of anilines is 2. The maximum absolute atomic E-state index is 13.4. The number of carbonyl (C=O) groups is 1. The third-order valence-corrected chi connectivity index (χ3v) is 5.71. The summed E-state index contributed by atoms with van der Waals surface area (Å²) in [6, 6.07) is 12.4. The molecule has 2 aromatic carbocycles. The Morgan fingerprint density at radius 1 is 1.24 bits per heavy atom. The van der Waals surface area contributed by atoms with Crippen molar-refractivity contribution in [2.24, 2.45) is 0 Å². The van der Waals surface area contributed by atoms with Crippen molar-refractivity contribution in [3.8, 4) is 6.07 Å². The number of hydrogen-bond acceptors (Lipinski definition) is 7. The molecule has 1 atom stereocenters. The number of alkyl halides is 4. The molecule has 4 rings (SSSR count). The van der Waals surface area contributed by atoms with Gasteiger partial charge in [-0.3, -0.25) is 4.90 Å². The van der Waals surface area contributed by atoms with Crippen LogP contribution >= 0.6 is 15.9 Å². The van der Waals surface area contributed by atoms with Gasteiger partial charge in [0.25, 0.3) is 5.95 Å². The number of allylic oxidation sites excluding steroid dienone is 1. The molecular formula is C22H16BrF3N6O2. The van der Waals surface area contributed by atoms with Crippen LogP contribution in [0.1, 0.15) is 29.7 Å². The summed E-state index contributed by atoms with van der Waals surface area (Å²) in [6.07, 6.45) is -4.56. The summed E-state index contributed by atoms with van der Waals surface area (Å²) < 4.78 is 46.9. The van der Waals surface area contributed by atoms with E-state index in [9.17, 15) is 18.0 Å². The first-order valence-corrected chi connectivity index (χ1v) is 11.1. The van der Waals surface area contributed by atoms with Gasteiger partial charge in [0.05, 0.1) is 29.4 Å². The smallest absolute Gasteiger partial charge is 0.416 e. The average Bonchev–Trinajstić information content (AvgIpc) is 3.31. The van der Waals surface area contributed by atoms with Gasteiger partial charge in [-0.05, 0) is 53.2 Å². The van der Waals surface area contributed by atoms with Crippen LogP contribution in [-0.4, -0.2) is 38.1 Å². The Morgan fingerprint density at radius 3 is 2.59 bits per heavy atom. The number of nitriles is 1. The molecule has 1 aliphatic heterocycles. The Balaban J connectivity index is 1.97. The van der Waals surface area contributed by atoms with Crippen LogP contribution in [0.25, 0.3) is 0 Å². The zero-order valence-electron chi connectivity index (χ0n) is 17.6. The molecule has 0 amide bonds. The molecule has 34 heavy (non-hydrogen) atoms. The summed E-state index contributed by atoms with van der Waals surface area (Å²) in [6.45, 7) is 1.74. The van der Waals surface area contributed by atoms with Gasteiger partial charge in [-0.1, -0.05) is 39.2 Å². The van der Waals surface area contributed by atoms with Gasteiger partial charge in [-0.25, -0.2) is 4.79 Å². The zero-order valence-corrected chi connectivity index (χ0v) is 19.2. The van der Waals surface area contributed by atoms with E-state index in [1.54, 1.807) is 31.2 Å². The number of fused-ring (bicyclic) bond motifs is 1. The Bertz CT molecular complexity index is 1300. The lowest BCUT2D eigenvalue weighted by Crippen LogP contribution is -2.36. The molecule has 0 radical (unpaired) electrons. The van der Waals surface area contributed by atoms with E-state index < -0.39 is 23.8 Å². The number of carbonyl (C=O) groups excluding carboxylic acids is 1. The molecule has 12 heteroatoms. The minimum Gasteiger partial charge on any atom is -0.463 e. The van der Waals surface area contributed by atoms with E-state index in [1.807, 2.05) is 6.07 Å². The van der Waals surface area contributed by atoms with Crippen molar-refractivity contribution in [2.45, 2.75) is 19.1 Å². The molecule has 0 bridgehead atoms. The molecular weight excluding hydrogens is 517 g/mol. The first kappa shape index (κ1) is 23.4. The number of ether oxygens (including phenoxy) is 1. The van der Waals surface area contributed by atoms with Gasteiger partial charge in [-0.15, -0.1) is 0 Å². The van der Waals surface area contributed by atoms with E-state index in [1.165, 1.54) is 21.7 Å². The molecule has 1 aromatic heterocycles. The molecule has 0 fully saturated rings. The van der Waals surface area contributed by atoms with Crippen molar-refractivity contribution in [2.75, 3.05) is 16.8 Å². The van der Waals surface area contributed by atoms with E-state index in [0.717, 1.165) is 12.1 Å². The Morgan fingerprint density at radius 2 is 1.97 bits per heavy atom. The maximum atomic E-state index is 13.4. The van der Waals surface area contributed by atoms with Gasteiger partial charge in [0, 0.05) is 16.7 Å². The lowest BCUT2D eigenvalue weighted by molar-refractivity contribution is -0.139. The van der Waals surface area contributed by atoms with E-state index in [2.05, 4.69) is 31.5 Å². The first-order chi connectivity index (χ1) is 16.3. The monoisotopic (exact) mass is 532 g/mol. The third-order valence-electron chi connectivity index (χ3n) is 5.18. The van der Waals surface area contributed by atoms with Crippen molar-refractivity contribution < 1.29 is 22.7 Å². The Labute approximate surface area is 200 Å². The highest BCUT2D eigenvalue weighted by Crippen LogP contribution is 2.43. The van der Waals surface area contributed by atoms with Crippen molar-refractivity contribution in [1.82, 2.24) is 20.2 Å². The fourth-order valence-electron chi connectivity index (χ4n) is 3.73. The second-order valence-electron chi connectivity index (χ2n) is 7.16. The highest BCUT2D eigenvalue weighted by Gasteiger charge is 2.41. The normalized spacial score (nSPS) is 15.6. The summed E-state index contributed by atoms with van der Waals surface area (Å²) >= 11 is 3.38. The van der Waals surface area contributed by atoms with Crippen LogP contribution in [0.15, 0.2) is 59.8 Å². The second-order valence-corrected chi connectivity index (χ2v) is 7.72. The van der Waals surface area contributed by atoms with Crippen molar-refractivity contribution in [3.63, 3.8) is 0 Å². The summed E-state index contributed by atoms with van der Waals surface area (Å²) in [7, 11) is 0. The Kier molecular flexibility index (Phi) is 6.39. The molecule has 174 valence electrons. The van der Waals surface area contributed by atoms with Gasteiger partial charge in [0.1, 0.15) is 6.04 Å². The average molecular weight is 533 g/mol. The van der Waals surface area contributed by atoms with Crippen LogP contribution in [0.2, 0.25) is 0 Å². The number of esters is 1. The number of tetrazole rings is 1. The quantitative estimate of drug-likeness (QED) is 0.352.